The van der Waals surface area contributed by atoms with Crippen molar-refractivity contribution in [1.82, 2.24) is 9.47 Å². The molecule has 4 heteroatoms. The first-order valence-corrected chi connectivity index (χ1v) is 6.10. The van der Waals surface area contributed by atoms with E-state index in [1.165, 1.54) is 12.8 Å². The molecule has 0 saturated heterocycles. The number of ether oxygens (including phenoxy) is 1. The molecule has 0 amide bonds. The van der Waals surface area contributed by atoms with Crippen LogP contribution in [-0.2, 0) is 11.8 Å². The highest BCUT2D eigenvalue weighted by Crippen LogP contribution is 2.26. The van der Waals surface area contributed by atoms with E-state index in [0.717, 1.165) is 12.2 Å². The number of carbonyl (C=O) groups excluding carboxylic acids is 1. The molecule has 0 N–H and O–H groups in total. The van der Waals surface area contributed by atoms with Gasteiger partial charge in [0, 0.05) is 32.9 Å². The van der Waals surface area contributed by atoms with Gasteiger partial charge in [0.05, 0.1) is 18.8 Å². The number of carbonyl (C=O) groups is 1. The van der Waals surface area contributed by atoms with Gasteiger partial charge in [0.1, 0.15) is 0 Å². The number of Topliss-reactive ketones (excluding diaryl/α,β-unsaturated/α-hetero) is 1. The molecule has 1 aliphatic rings. The van der Waals surface area contributed by atoms with Gasteiger partial charge < -0.3 is 9.30 Å². The predicted octanol–water partition coefficient (Wildman–Crippen LogP) is 1.32. The zero-order valence-corrected chi connectivity index (χ0v) is 10.6. The van der Waals surface area contributed by atoms with Gasteiger partial charge in [0.25, 0.3) is 0 Å². The van der Waals surface area contributed by atoms with Crippen LogP contribution in [-0.4, -0.2) is 48.1 Å². The van der Waals surface area contributed by atoms with Crippen molar-refractivity contribution in [1.29, 1.82) is 0 Å². The van der Waals surface area contributed by atoms with Crippen LogP contribution in [0.1, 0.15) is 23.3 Å². The molecule has 1 fully saturated rings. The topological polar surface area (TPSA) is 34.5 Å². The molecule has 1 saturated carbocycles. The molecule has 0 atom stereocenters. The number of hydrogen-bond donors (Lipinski definition) is 0. The van der Waals surface area contributed by atoms with Gasteiger partial charge in [-0.05, 0) is 25.0 Å². The summed E-state index contributed by atoms with van der Waals surface area (Å²) in [5.41, 5.74) is 0.785. The molecule has 94 valence electrons. The lowest BCUT2D eigenvalue weighted by Crippen LogP contribution is -2.35. The summed E-state index contributed by atoms with van der Waals surface area (Å²) in [7, 11) is 3.61. The third-order valence-corrected chi connectivity index (χ3v) is 3.22. The van der Waals surface area contributed by atoms with Crippen molar-refractivity contribution in [3.8, 4) is 0 Å². The van der Waals surface area contributed by atoms with Crippen molar-refractivity contribution < 1.29 is 9.53 Å². The molecule has 2 rings (SSSR count). The van der Waals surface area contributed by atoms with Crippen molar-refractivity contribution in [2.45, 2.75) is 18.9 Å². The van der Waals surface area contributed by atoms with E-state index in [0.29, 0.717) is 19.2 Å². The van der Waals surface area contributed by atoms with E-state index in [9.17, 15) is 4.79 Å². The second kappa shape index (κ2) is 5.47. The second-order valence-electron chi connectivity index (χ2n) is 4.62. The van der Waals surface area contributed by atoms with Gasteiger partial charge in [-0.3, -0.25) is 9.69 Å². The summed E-state index contributed by atoms with van der Waals surface area (Å²) in [6, 6.07) is 4.38. The van der Waals surface area contributed by atoms with E-state index >= 15 is 0 Å². The SMILES string of the molecule is COCCN(CC(=O)c1cccn1C)C1CC1. The number of methoxy groups -OCH3 is 1. The van der Waals surface area contributed by atoms with E-state index in [2.05, 4.69) is 4.90 Å². The third-order valence-electron chi connectivity index (χ3n) is 3.22. The maximum absolute atomic E-state index is 12.1. The molecular weight excluding hydrogens is 216 g/mol. The second-order valence-corrected chi connectivity index (χ2v) is 4.62. The largest absolute Gasteiger partial charge is 0.383 e. The van der Waals surface area contributed by atoms with Crippen molar-refractivity contribution in [2.24, 2.45) is 7.05 Å². The van der Waals surface area contributed by atoms with Crippen molar-refractivity contribution >= 4 is 5.78 Å². The maximum atomic E-state index is 12.1. The van der Waals surface area contributed by atoms with Gasteiger partial charge in [-0.15, -0.1) is 0 Å². The van der Waals surface area contributed by atoms with Crippen LogP contribution in [0, 0.1) is 0 Å². The summed E-state index contributed by atoms with van der Waals surface area (Å²) in [5, 5.41) is 0. The highest BCUT2D eigenvalue weighted by atomic mass is 16.5. The summed E-state index contributed by atoms with van der Waals surface area (Å²) in [6.45, 7) is 2.04. The Morgan fingerprint density at radius 2 is 2.35 bits per heavy atom. The van der Waals surface area contributed by atoms with E-state index in [1.807, 2.05) is 29.9 Å². The summed E-state index contributed by atoms with van der Waals surface area (Å²) in [5.74, 6) is 0.195. The number of rotatable bonds is 7. The summed E-state index contributed by atoms with van der Waals surface area (Å²) < 4.78 is 6.97. The van der Waals surface area contributed by atoms with Gasteiger partial charge >= 0.3 is 0 Å². The summed E-state index contributed by atoms with van der Waals surface area (Å²) in [6.07, 6.45) is 4.33. The Morgan fingerprint density at radius 1 is 1.59 bits per heavy atom. The van der Waals surface area contributed by atoms with E-state index in [-0.39, 0.29) is 5.78 Å². The van der Waals surface area contributed by atoms with Crippen LogP contribution in [0.2, 0.25) is 0 Å². The lowest BCUT2D eigenvalue weighted by atomic mass is 10.2. The lowest BCUT2D eigenvalue weighted by molar-refractivity contribution is 0.0878. The van der Waals surface area contributed by atoms with Gasteiger partial charge in [-0.2, -0.15) is 0 Å². The van der Waals surface area contributed by atoms with Crippen LogP contribution in [0.4, 0.5) is 0 Å². The zero-order chi connectivity index (χ0) is 12.3. The van der Waals surface area contributed by atoms with Crippen molar-refractivity contribution in [3.63, 3.8) is 0 Å². The first-order chi connectivity index (χ1) is 8.22. The minimum Gasteiger partial charge on any atom is -0.383 e. The molecule has 0 unspecified atom stereocenters. The fraction of sp³-hybridized carbons (Fsp3) is 0.615. The average Bonchev–Trinajstić information content (AvgIpc) is 3.06. The van der Waals surface area contributed by atoms with Gasteiger partial charge in [0.15, 0.2) is 5.78 Å². The molecule has 1 aromatic rings. The Balaban J connectivity index is 1.93. The first-order valence-electron chi connectivity index (χ1n) is 6.10. The Morgan fingerprint density at radius 3 is 2.88 bits per heavy atom. The van der Waals surface area contributed by atoms with Crippen LogP contribution in [0.3, 0.4) is 0 Å². The summed E-state index contributed by atoms with van der Waals surface area (Å²) in [4.78, 5) is 14.4. The van der Waals surface area contributed by atoms with Crippen LogP contribution < -0.4 is 0 Å². The lowest BCUT2D eigenvalue weighted by Gasteiger charge is -2.20. The van der Waals surface area contributed by atoms with Crippen LogP contribution >= 0.6 is 0 Å². The smallest absolute Gasteiger partial charge is 0.193 e. The van der Waals surface area contributed by atoms with Gasteiger partial charge in [-0.1, -0.05) is 0 Å². The molecule has 4 nitrogen and oxygen atoms in total. The van der Waals surface area contributed by atoms with E-state index in [4.69, 9.17) is 4.74 Å². The number of aryl methyl sites for hydroxylation is 1. The quantitative estimate of drug-likeness (QED) is 0.670. The number of aromatic nitrogens is 1. The minimum atomic E-state index is 0.195. The fourth-order valence-electron chi connectivity index (χ4n) is 2.06. The summed E-state index contributed by atoms with van der Waals surface area (Å²) >= 11 is 0. The van der Waals surface area contributed by atoms with Crippen molar-refractivity contribution in [3.05, 3.63) is 24.0 Å². The number of nitrogens with zero attached hydrogens (tertiary/aromatic N) is 2. The standard InChI is InChI=1S/C13H20N2O2/c1-14-7-3-4-12(14)13(16)10-15(8-9-17-2)11-5-6-11/h3-4,7,11H,5-6,8-10H2,1-2H3. The average molecular weight is 236 g/mol. The Hall–Kier alpha value is -1.13. The molecule has 1 heterocycles. The van der Waals surface area contributed by atoms with E-state index in [1.54, 1.807) is 7.11 Å². The van der Waals surface area contributed by atoms with E-state index < -0.39 is 0 Å². The van der Waals surface area contributed by atoms with Gasteiger partial charge in [0.2, 0.25) is 0 Å². The zero-order valence-electron chi connectivity index (χ0n) is 10.6. The monoisotopic (exact) mass is 236 g/mol. The molecule has 17 heavy (non-hydrogen) atoms. The Kier molecular flexibility index (Phi) is 3.97. The molecule has 1 aliphatic carbocycles. The minimum absolute atomic E-state index is 0.195. The fourth-order valence-corrected chi connectivity index (χ4v) is 2.06. The van der Waals surface area contributed by atoms with Crippen LogP contribution in [0.25, 0.3) is 0 Å². The number of ketones is 1. The molecule has 0 bridgehead atoms. The first kappa shape index (κ1) is 12.3. The Labute approximate surface area is 102 Å². The van der Waals surface area contributed by atoms with Gasteiger partial charge in [-0.25, -0.2) is 0 Å². The molecule has 0 aliphatic heterocycles. The predicted molar refractivity (Wildman–Crippen MR) is 66.2 cm³/mol. The number of hydrogen-bond acceptors (Lipinski definition) is 3. The molecular formula is C13H20N2O2. The maximum Gasteiger partial charge on any atom is 0.193 e. The van der Waals surface area contributed by atoms with Crippen molar-refractivity contribution in [2.75, 3.05) is 26.8 Å². The third kappa shape index (κ3) is 3.17. The normalized spacial score (nSPS) is 15.5. The highest BCUT2D eigenvalue weighted by molar-refractivity contribution is 5.96. The Bertz CT molecular complexity index is 383. The molecule has 0 aromatic carbocycles. The highest BCUT2D eigenvalue weighted by Gasteiger charge is 2.30. The van der Waals surface area contributed by atoms with Crippen LogP contribution in [0.5, 0.6) is 0 Å². The van der Waals surface area contributed by atoms with Crippen LogP contribution in [0.15, 0.2) is 18.3 Å². The molecule has 0 spiro atoms. The molecule has 0 radical (unpaired) electrons. The molecule has 1 aromatic heterocycles.